The van der Waals surface area contributed by atoms with Crippen molar-refractivity contribution in [3.8, 4) is 0 Å². The lowest BCUT2D eigenvalue weighted by atomic mass is 10.1. The van der Waals surface area contributed by atoms with Crippen molar-refractivity contribution >= 4 is 23.2 Å². The van der Waals surface area contributed by atoms with Crippen molar-refractivity contribution in [2.24, 2.45) is 0 Å². The van der Waals surface area contributed by atoms with Gasteiger partial charge in [0.25, 0.3) is 0 Å². The lowest BCUT2D eigenvalue weighted by Gasteiger charge is -2.10. The van der Waals surface area contributed by atoms with E-state index in [0.29, 0.717) is 0 Å². The van der Waals surface area contributed by atoms with Gasteiger partial charge in [-0.05, 0) is 29.8 Å². The molecule has 0 aliphatic carbocycles. The Labute approximate surface area is 128 Å². The van der Waals surface area contributed by atoms with E-state index in [-0.39, 0.29) is 22.7 Å². The molecule has 0 atom stereocenters. The molecule has 22 heavy (non-hydrogen) atoms. The maximum atomic E-state index is 12.9. The number of hydrogen-bond donors (Lipinski definition) is 1. The third kappa shape index (κ3) is 4.21. The van der Waals surface area contributed by atoms with Gasteiger partial charge < -0.3 is 5.32 Å². The second-order valence-electron chi connectivity index (χ2n) is 4.55. The van der Waals surface area contributed by atoms with Gasteiger partial charge in [-0.3, -0.25) is 4.79 Å². The first-order valence-electron chi connectivity index (χ1n) is 6.17. The van der Waals surface area contributed by atoms with Crippen molar-refractivity contribution in [1.29, 1.82) is 0 Å². The van der Waals surface area contributed by atoms with E-state index in [1.54, 1.807) is 0 Å². The van der Waals surface area contributed by atoms with Crippen LogP contribution in [0.25, 0.3) is 0 Å². The molecule has 0 aliphatic rings. The van der Waals surface area contributed by atoms with E-state index in [4.69, 9.17) is 11.6 Å². The van der Waals surface area contributed by atoms with Gasteiger partial charge in [0.2, 0.25) is 5.91 Å². The Morgan fingerprint density at radius 3 is 2.50 bits per heavy atom. The van der Waals surface area contributed by atoms with Gasteiger partial charge >= 0.3 is 6.18 Å². The zero-order valence-electron chi connectivity index (χ0n) is 11.0. The number of alkyl halides is 3. The zero-order chi connectivity index (χ0) is 16.3. The summed E-state index contributed by atoms with van der Waals surface area (Å²) in [5, 5.41) is 2.44. The van der Waals surface area contributed by atoms with E-state index in [9.17, 15) is 22.4 Å². The molecule has 0 aromatic heterocycles. The molecule has 0 bridgehead atoms. The largest absolute Gasteiger partial charge is 0.416 e. The molecule has 2 nitrogen and oxygen atoms in total. The monoisotopic (exact) mass is 331 g/mol. The van der Waals surface area contributed by atoms with Crippen LogP contribution < -0.4 is 5.32 Å². The van der Waals surface area contributed by atoms with Gasteiger partial charge in [0, 0.05) is 0 Å². The number of amides is 1. The number of rotatable bonds is 3. The highest BCUT2D eigenvalue weighted by Gasteiger charge is 2.30. The van der Waals surface area contributed by atoms with E-state index < -0.39 is 23.5 Å². The van der Waals surface area contributed by atoms with Crippen LogP contribution in [0.2, 0.25) is 5.02 Å². The van der Waals surface area contributed by atoms with Crippen LogP contribution in [0, 0.1) is 5.82 Å². The van der Waals surface area contributed by atoms with Crippen molar-refractivity contribution in [1.82, 2.24) is 0 Å². The predicted octanol–water partition coefficient (Wildman–Crippen LogP) is 4.68. The van der Waals surface area contributed by atoms with Crippen molar-refractivity contribution in [3.05, 3.63) is 64.4 Å². The van der Waals surface area contributed by atoms with Gasteiger partial charge in [0.05, 0.1) is 22.7 Å². The van der Waals surface area contributed by atoms with Crippen LogP contribution in [0.3, 0.4) is 0 Å². The van der Waals surface area contributed by atoms with Gasteiger partial charge in [0.1, 0.15) is 5.82 Å². The third-order valence-electron chi connectivity index (χ3n) is 2.82. The summed E-state index contributed by atoms with van der Waals surface area (Å²) < 4.78 is 50.7. The van der Waals surface area contributed by atoms with Crippen LogP contribution in [-0.2, 0) is 17.4 Å². The normalized spacial score (nSPS) is 11.3. The number of carbonyl (C=O) groups excluding carboxylic acids is 1. The van der Waals surface area contributed by atoms with Crippen LogP contribution in [0.1, 0.15) is 11.1 Å². The molecule has 7 heteroatoms. The molecule has 0 heterocycles. The number of anilines is 1. The topological polar surface area (TPSA) is 29.1 Å². The molecule has 0 aliphatic heterocycles. The van der Waals surface area contributed by atoms with E-state index in [1.807, 2.05) is 0 Å². The standard InChI is InChI=1S/C15H10ClF4NO/c16-12-8-11(17)4-5-13(12)21-14(22)7-9-2-1-3-10(6-9)15(18,19)20/h1-6,8H,7H2,(H,21,22). The second kappa shape index (κ2) is 6.36. The molecule has 0 saturated carbocycles. The summed E-state index contributed by atoms with van der Waals surface area (Å²) in [5.74, 6) is -1.10. The summed E-state index contributed by atoms with van der Waals surface area (Å²) in [5.41, 5.74) is -0.414. The highest BCUT2D eigenvalue weighted by Crippen LogP contribution is 2.29. The van der Waals surface area contributed by atoms with Crippen molar-refractivity contribution in [3.63, 3.8) is 0 Å². The van der Waals surface area contributed by atoms with Crippen molar-refractivity contribution in [2.75, 3.05) is 5.32 Å². The Morgan fingerprint density at radius 2 is 1.86 bits per heavy atom. The van der Waals surface area contributed by atoms with E-state index in [2.05, 4.69) is 5.32 Å². The number of carbonyl (C=O) groups is 1. The van der Waals surface area contributed by atoms with Gasteiger partial charge in [-0.1, -0.05) is 29.8 Å². The first-order valence-corrected chi connectivity index (χ1v) is 6.54. The first-order chi connectivity index (χ1) is 10.3. The van der Waals surface area contributed by atoms with Crippen LogP contribution in [0.5, 0.6) is 0 Å². The van der Waals surface area contributed by atoms with Crippen LogP contribution in [0.4, 0.5) is 23.2 Å². The molecule has 2 aromatic rings. The molecule has 2 aromatic carbocycles. The number of nitrogens with one attached hydrogen (secondary N) is 1. The molecule has 0 unspecified atom stereocenters. The summed E-state index contributed by atoms with van der Waals surface area (Å²) in [6.45, 7) is 0. The predicted molar refractivity (Wildman–Crippen MR) is 75.2 cm³/mol. The smallest absolute Gasteiger partial charge is 0.324 e. The fourth-order valence-corrected chi connectivity index (χ4v) is 2.04. The van der Waals surface area contributed by atoms with E-state index in [0.717, 1.165) is 24.3 Å². The minimum atomic E-state index is -4.47. The lowest BCUT2D eigenvalue weighted by Crippen LogP contribution is -2.15. The Hall–Kier alpha value is -2.08. The van der Waals surface area contributed by atoms with Crippen molar-refractivity contribution < 1.29 is 22.4 Å². The molecule has 0 fully saturated rings. The third-order valence-corrected chi connectivity index (χ3v) is 3.14. The maximum absolute atomic E-state index is 12.9. The van der Waals surface area contributed by atoms with Gasteiger partial charge in [-0.25, -0.2) is 4.39 Å². The molecular formula is C15H10ClF4NO. The summed E-state index contributed by atoms with van der Waals surface area (Å²) in [6.07, 6.45) is -4.72. The maximum Gasteiger partial charge on any atom is 0.416 e. The molecule has 0 spiro atoms. The van der Waals surface area contributed by atoms with Gasteiger partial charge in [0.15, 0.2) is 0 Å². The van der Waals surface area contributed by atoms with E-state index >= 15 is 0 Å². The molecular weight excluding hydrogens is 322 g/mol. The van der Waals surface area contributed by atoms with Crippen LogP contribution in [-0.4, -0.2) is 5.91 Å². The fourth-order valence-electron chi connectivity index (χ4n) is 1.83. The zero-order valence-corrected chi connectivity index (χ0v) is 11.8. The molecule has 116 valence electrons. The first kappa shape index (κ1) is 16.3. The minimum absolute atomic E-state index is 0.0115. The highest BCUT2D eigenvalue weighted by molar-refractivity contribution is 6.33. The average molecular weight is 332 g/mol. The fraction of sp³-hybridized carbons (Fsp3) is 0.133. The van der Waals surface area contributed by atoms with Gasteiger partial charge in [-0.15, -0.1) is 0 Å². The molecule has 2 rings (SSSR count). The average Bonchev–Trinajstić information content (AvgIpc) is 2.41. The Bertz CT molecular complexity index is 700. The van der Waals surface area contributed by atoms with Crippen LogP contribution >= 0.6 is 11.6 Å². The van der Waals surface area contributed by atoms with Crippen molar-refractivity contribution in [2.45, 2.75) is 12.6 Å². The van der Waals surface area contributed by atoms with Crippen LogP contribution in [0.15, 0.2) is 42.5 Å². The second-order valence-corrected chi connectivity index (χ2v) is 4.95. The highest BCUT2D eigenvalue weighted by atomic mass is 35.5. The number of hydrogen-bond acceptors (Lipinski definition) is 1. The Morgan fingerprint density at radius 1 is 1.14 bits per heavy atom. The molecule has 0 radical (unpaired) electrons. The quantitative estimate of drug-likeness (QED) is 0.813. The summed E-state index contributed by atoms with van der Waals surface area (Å²) in [4.78, 5) is 11.8. The molecule has 1 N–H and O–H groups in total. The number of halogens is 5. The Balaban J connectivity index is 2.09. The van der Waals surface area contributed by atoms with Gasteiger partial charge in [-0.2, -0.15) is 13.2 Å². The summed E-state index contributed by atoms with van der Waals surface area (Å²) in [6, 6.07) is 7.91. The minimum Gasteiger partial charge on any atom is -0.324 e. The lowest BCUT2D eigenvalue weighted by molar-refractivity contribution is -0.137. The molecule has 1 amide bonds. The Kier molecular flexibility index (Phi) is 4.71. The summed E-state index contributed by atoms with van der Waals surface area (Å²) >= 11 is 5.76. The summed E-state index contributed by atoms with van der Waals surface area (Å²) in [7, 11) is 0. The number of benzene rings is 2. The van der Waals surface area contributed by atoms with E-state index in [1.165, 1.54) is 18.2 Å². The SMILES string of the molecule is O=C(Cc1cccc(C(F)(F)F)c1)Nc1ccc(F)cc1Cl. The molecule has 0 saturated heterocycles.